The summed E-state index contributed by atoms with van der Waals surface area (Å²) in [6, 6.07) is 5.93. The lowest BCUT2D eigenvalue weighted by atomic mass is 9.88. The van der Waals surface area contributed by atoms with Crippen molar-refractivity contribution in [1.82, 2.24) is 0 Å². The van der Waals surface area contributed by atoms with Gasteiger partial charge in [0, 0.05) is 13.5 Å². The Labute approximate surface area is 104 Å². The van der Waals surface area contributed by atoms with E-state index in [4.69, 9.17) is 9.47 Å². The number of aryl methyl sites for hydroxylation is 1. The van der Waals surface area contributed by atoms with Crippen LogP contribution in [-0.4, -0.2) is 30.5 Å². The van der Waals surface area contributed by atoms with Gasteiger partial charge in [0.1, 0.15) is 18.0 Å². The first kappa shape index (κ1) is 11.9. The van der Waals surface area contributed by atoms with Crippen LogP contribution in [0.25, 0.3) is 0 Å². The Morgan fingerprint density at radius 3 is 2.75 bits per heavy atom. The maximum Gasteiger partial charge on any atom is 0.134 e. The first-order valence-corrected chi connectivity index (χ1v) is 6.05. The predicted octanol–water partition coefficient (Wildman–Crippen LogP) is 2.28. The summed E-state index contributed by atoms with van der Waals surface area (Å²) in [6.45, 7) is 2.03. The smallest absolute Gasteiger partial charge is 0.134 e. The molecule has 1 aromatic carbocycles. The van der Waals surface area contributed by atoms with Gasteiger partial charge < -0.3 is 14.6 Å². The molecule has 0 saturated heterocycles. The summed E-state index contributed by atoms with van der Waals surface area (Å²) < 4.78 is 11.9. The Bertz CT molecular complexity index is 381. The van der Waals surface area contributed by atoms with Gasteiger partial charge in [-0.1, -0.05) is 6.07 Å². The maximum absolute atomic E-state index is 9.45. The van der Waals surface area contributed by atoms with Crippen LogP contribution in [0.1, 0.15) is 12.0 Å². The first-order valence-electron chi connectivity index (χ1n) is 5.25. The molecule has 1 fully saturated rings. The molecule has 1 saturated carbocycles. The van der Waals surface area contributed by atoms with Gasteiger partial charge in [-0.2, -0.15) is 0 Å². The normalized spacial score (nSPS) is 28.6. The van der Waals surface area contributed by atoms with Gasteiger partial charge in [-0.15, -0.1) is 0 Å². The van der Waals surface area contributed by atoms with Crippen molar-refractivity contribution in [3.63, 3.8) is 0 Å². The fraction of sp³-hybridized carbons (Fsp3) is 0.500. The highest BCUT2D eigenvalue weighted by Gasteiger charge is 2.42. The third kappa shape index (κ3) is 2.24. The molecule has 3 unspecified atom stereocenters. The van der Waals surface area contributed by atoms with E-state index in [1.807, 2.05) is 25.1 Å². The Morgan fingerprint density at radius 1 is 1.44 bits per heavy atom. The van der Waals surface area contributed by atoms with Gasteiger partial charge in [0.05, 0.1) is 10.6 Å². The summed E-state index contributed by atoms with van der Waals surface area (Å²) in [6.07, 6.45) is -0.0508. The zero-order valence-corrected chi connectivity index (χ0v) is 10.9. The lowest BCUT2D eigenvalue weighted by Crippen LogP contribution is -2.54. The van der Waals surface area contributed by atoms with Crippen molar-refractivity contribution >= 4 is 15.9 Å². The quantitative estimate of drug-likeness (QED) is 0.927. The Hall–Kier alpha value is -0.580. The molecule has 1 aromatic rings. The highest BCUT2D eigenvalue weighted by molar-refractivity contribution is 9.10. The summed E-state index contributed by atoms with van der Waals surface area (Å²) >= 11 is 3.46. The van der Waals surface area contributed by atoms with Gasteiger partial charge in [0.15, 0.2) is 0 Å². The van der Waals surface area contributed by atoms with Gasteiger partial charge in [0.2, 0.25) is 0 Å². The van der Waals surface area contributed by atoms with Crippen LogP contribution < -0.4 is 4.74 Å². The molecule has 1 N–H and O–H groups in total. The minimum atomic E-state index is -0.403. The van der Waals surface area contributed by atoms with Crippen LogP contribution >= 0.6 is 15.9 Å². The maximum atomic E-state index is 9.45. The van der Waals surface area contributed by atoms with Crippen molar-refractivity contribution in [1.29, 1.82) is 0 Å². The molecule has 0 radical (unpaired) electrons. The van der Waals surface area contributed by atoms with E-state index in [0.717, 1.165) is 10.2 Å². The lowest BCUT2D eigenvalue weighted by Gasteiger charge is -2.40. The van der Waals surface area contributed by atoms with Crippen molar-refractivity contribution in [2.45, 2.75) is 31.7 Å². The molecule has 2 rings (SSSR count). The van der Waals surface area contributed by atoms with E-state index in [-0.39, 0.29) is 12.2 Å². The monoisotopic (exact) mass is 286 g/mol. The molecule has 1 aliphatic rings. The van der Waals surface area contributed by atoms with Crippen molar-refractivity contribution in [2.75, 3.05) is 7.11 Å². The van der Waals surface area contributed by atoms with Crippen molar-refractivity contribution in [3.8, 4) is 5.75 Å². The van der Waals surface area contributed by atoms with Crippen molar-refractivity contribution in [3.05, 3.63) is 28.2 Å². The predicted molar refractivity (Wildman–Crippen MR) is 64.7 cm³/mol. The standard InChI is InChI=1S/C12H15BrO3/c1-7-3-4-10(8(13)5-7)16-11-6-9(14)12(11)15-2/h3-5,9,11-12,14H,6H2,1-2H3. The minimum Gasteiger partial charge on any atom is -0.486 e. The minimum absolute atomic E-state index is 0.0565. The Morgan fingerprint density at radius 2 is 2.19 bits per heavy atom. The lowest BCUT2D eigenvalue weighted by molar-refractivity contribution is -0.149. The van der Waals surface area contributed by atoms with Gasteiger partial charge in [-0.05, 0) is 40.5 Å². The first-order chi connectivity index (χ1) is 7.61. The molecule has 0 aliphatic heterocycles. The zero-order valence-electron chi connectivity index (χ0n) is 9.31. The van der Waals surface area contributed by atoms with Crippen LogP contribution in [0.4, 0.5) is 0 Å². The van der Waals surface area contributed by atoms with Gasteiger partial charge in [0.25, 0.3) is 0 Å². The van der Waals surface area contributed by atoms with Crippen LogP contribution in [0.2, 0.25) is 0 Å². The number of aliphatic hydroxyl groups excluding tert-OH is 1. The molecule has 0 spiro atoms. The molecule has 3 atom stereocenters. The molecule has 88 valence electrons. The summed E-state index contributed by atoms with van der Waals surface area (Å²) in [4.78, 5) is 0. The van der Waals surface area contributed by atoms with Crippen LogP contribution in [-0.2, 0) is 4.74 Å². The van der Waals surface area contributed by atoms with E-state index >= 15 is 0 Å². The number of hydrogen-bond donors (Lipinski definition) is 1. The number of halogens is 1. The number of rotatable bonds is 3. The molecular weight excluding hydrogens is 272 g/mol. The Balaban J connectivity index is 2.04. The average molecular weight is 287 g/mol. The molecule has 4 heteroatoms. The van der Waals surface area contributed by atoms with Crippen molar-refractivity contribution in [2.24, 2.45) is 0 Å². The number of benzene rings is 1. The average Bonchev–Trinajstić information content (AvgIpc) is 2.21. The van der Waals surface area contributed by atoms with Crippen molar-refractivity contribution < 1.29 is 14.6 Å². The fourth-order valence-corrected chi connectivity index (χ4v) is 2.43. The molecule has 0 bridgehead atoms. The van der Waals surface area contributed by atoms with Crippen LogP contribution in [0.5, 0.6) is 5.75 Å². The van der Waals surface area contributed by atoms with Crippen LogP contribution in [0.15, 0.2) is 22.7 Å². The summed E-state index contributed by atoms with van der Waals surface area (Å²) in [7, 11) is 1.59. The SMILES string of the molecule is COC1C(O)CC1Oc1ccc(C)cc1Br. The molecule has 0 amide bonds. The van der Waals surface area contributed by atoms with E-state index in [0.29, 0.717) is 6.42 Å². The highest BCUT2D eigenvalue weighted by atomic mass is 79.9. The summed E-state index contributed by atoms with van der Waals surface area (Å²) in [5.74, 6) is 0.796. The molecular formula is C12H15BrO3. The molecule has 1 aliphatic carbocycles. The summed E-state index contributed by atoms with van der Waals surface area (Å²) in [5, 5.41) is 9.45. The van der Waals surface area contributed by atoms with Crippen LogP contribution in [0, 0.1) is 6.92 Å². The third-order valence-corrected chi connectivity index (χ3v) is 3.48. The number of methoxy groups -OCH3 is 1. The van der Waals surface area contributed by atoms with E-state index in [2.05, 4.69) is 15.9 Å². The van der Waals surface area contributed by atoms with Crippen LogP contribution in [0.3, 0.4) is 0 Å². The topological polar surface area (TPSA) is 38.7 Å². The molecule has 0 heterocycles. The van der Waals surface area contributed by atoms with Gasteiger partial charge in [-0.3, -0.25) is 0 Å². The molecule has 16 heavy (non-hydrogen) atoms. The zero-order chi connectivity index (χ0) is 11.7. The fourth-order valence-electron chi connectivity index (χ4n) is 1.85. The van der Waals surface area contributed by atoms with Gasteiger partial charge in [-0.25, -0.2) is 0 Å². The number of hydrogen-bond acceptors (Lipinski definition) is 3. The summed E-state index contributed by atoms with van der Waals surface area (Å²) in [5.41, 5.74) is 1.18. The van der Waals surface area contributed by atoms with E-state index < -0.39 is 6.10 Å². The van der Waals surface area contributed by atoms with Gasteiger partial charge >= 0.3 is 0 Å². The number of aliphatic hydroxyl groups is 1. The third-order valence-electron chi connectivity index (χ3n) is 2.86. The second kappa shape index (κ2) is 4.73. The molecule has 0 aromatic heterocycles. The van der Waals surface area contributed by atoms with E-state index in [1.165, 1.54) is 5.56 Å². The number of ether oxygens (including phenoxy) is 2. The highest BCUT2D eigenvalue weighted by Crippen LogP contribution is 2.32. The van der Waals surface area contributed by atoms with E-state index in [1.54, 1.807) is 7.11 Å². The second-order valence-electron chi connectivity index (χ2n) is 4.09. The largest absolute Gasteiger partial charge is 0.486 e. The molecule has 3 nitrogen and oxygen atoms in total. The van der Waals surface area contributed by atoms with E-state index in [9.17, 15) is 5.11 Å². The Kier molecular flexibility index (Phi) is 3.52. The second-order valence-corrected chi connectivity index (χ2v) is 4.95.